The molecule has 0 fully saturated rings. The molecule has 0 spiro atoms. The van der Waals surface area contributed by atoms with Gasteiger partial charge >= 0.3 is 0 Å². The molecule has 0 unspecified atom stereocenters. The lowest BCUT2D eigenvalue weighted by molar-refractivity contribution is 0.469. The van der Waals surface area contributed by atoms with Crippen molar-refractivity contribution in [1.29, 1.82) is 0 Å². The Bertz CT molecular complexity index is 684. The molecule has 108 valence electrons. The van der Waals surface area contributed by atoms with Gasteiger partial charge in [0, 0.05) is 29.4 Å². The minimum atomic E-state index is -3.54. The maximum absolute atomic E-state index is 12.5. The largest absolute Gasteiger partial charge is 0.243 e. The van der Waals surface area contributed by atoms with E-state index in [0.717, 1.165) is 4.88 Å². The first-order chi connectivity index (χ1) is 9.45. The highest BCUT2D eigenvalue weighted by molar-refractivity contribution is 7.89. The van der Waals surface area contributed by atoms with Crippen LogP contribution in [0.15, 0.2) is 40.6 Å². The zero-order valence-electron chi connectivity index (χ0n) is 10.7. The van der Waals surface area contributed by atoms with E-state index in [2.05, 4.69) is 0 Å². The SMILES string of the molecule is CN(Cc1cccs1)S(=O)(=O)c1ccc(Cl)c(CCl)c1. The molecule has 0 saturated heterocycles. The number of hydrogen-bond donors (Lipinski definition) is 0. The van der Waals surface area contributed by atoms with E-state index >= 15 is 0 Å². The van der Waals surface area contributed by atoms with Gasteiger partial charge in [-0.2, -0.15) is 4.31 Å². The summed E-state index contributed by atoms with van der Waals surface area (Å²) in [6, 6.07) is 8.39. The number of alkyl halides is 1. The highest BCUT2D eigenvalue weighted by Crippen LogP contribution is 2.25. The lowest BCUT2D eigenvalue weighted by Gasteiger charge is -2.17. The Labute approximate surface area is 132 Å². The van der Waals surface area contributed by atoms with Gasteiger partial charge in [-0.3, -0.25) is 0 Å². The Morgan fingerprint density at radius 1 is 1.30 bits per heavy atom. The number of hydrogen-bond acceptors (Lipinski definition) is 3. The minimum Gasteiger partial charge on any atom is -0.207 e. The summed E-state index contributed by atoms with van der Waals surface area (Å²) in [6.07, 6.45) is 0. The third-order valence-electron chi connectivity index (χ3n) is 2.83. The minimum absolute atomic E-state index is 0.177. The number of thiophene rings is 1. The van der Waals surface area contributed by atoms with Gasteiger partial charge < -0.3 is 0 Å². The highest BCUT2D eigenvalue weighted by Gasteiger charge is 2.22. The van der Waals surface area contributed by atoms with Crippen LogP contribution in [0, 0.1) is 0 Å². The predicted molar refractivity (Wildman–Crippen MR) is 84.0 cm³/mol. The van der Waals surface area contributed by atoms with Crippen molar-refractivity contribution in [3.63, 3.8) is 0 Å². The maximum atomic E-state index is 12.5. The molecule has 0 radical (unpaired) electrons. The standard InChI is InChI=1S/C13H13Cl2NO2S2/c1-16(9-11-3-2-6-19-11)20(17,18)12-4-5-13(15)10(7-12)8-14/h2-7H,8-9H2,1H3. The predicted octanol–water partition coefficient (Wildman–Crippen LogP) is 3.96. The zero-order valence-corrected chi connectivity index (χ0v) is 13.9. The summed E-state index contributed by atoms with van der Waals surface area (Å²) in [5.41, 5.74) is 0.610. The molecule has 0 saturated carbocycles. The molecule has 7 heteroatoms. The van der Waals surface area contributed by atoms with Gasteiger partial charge in [0.1, 0.15) is 0 Å². The Morgan fingerprint density at radius 3 is 2.65 bits per heavy atom. The first-order valence-electron chi connectivity index (χ1n) is 5.78. The second-order valence-corrected chi connectivity index (χ2v) is 7.98. The summed E-state index contributed by atoms with van der Waals surface area (Å²) < 4.78 is 26.3. The Hall–Kier alpha value is -0.590. The van der Waals surface area contributed by atoms with Gasteiger partial charge in [-0.05, 0) is 35.2 Å². The van der Waals surface area contributed by atoms with Crippen molar-refractivity contribution in [3.8, 4) is 0 Å². The average Bonchev–Trinajstić information content (AvgIpc) is 2.91. The van der Waals surface area contributed by atoms with Gasteiger partial charge in [0.2, 0.25) is 10.0 Å². The van der Waals surface area contributed by atoms with Crippen molar-refractivity contribution in [3.05, 3.63) is 51.2 Å². The molecule has 0 amide bonds. The molecule has 0 atom stereocenters. The summed E-state index contributed by atoms with van der Waals surface area (Å²) in [6.45, 7) is 0.346. The number of benzene rings is 1. The van der Waals surface area contributed by atoms with Crippen LogP contribution in [0.4, 0.5) is 0 Å². The first-order valence-corrected chi connectivity index (χ1v) is 9.01. The van der Waals surface area contributed by atoms with Crippen LogP contribution in [0.2, 0.25) is 5.02 Å². The topological polar surface area (TPSA) is 37.4 Å². The average molecular weight is 350 g/mol. The third kappa shape index (κ3) is 3.35. The fraction of sp³-hybridized carbons (Fsp3) is 0.231. The number of halogens is 2. The lowest BCUT2D eigenvalue weighted by atomic mass is 10.2. The fourth-order valence-electron chi connectivity index (χ4n) is 1.70. The van der Waals surface area contributed by atoms with Gasteiger partial charge in [-0.1, -0.05) is 17.7 Å². The fourth-order valence-corrected chi connectivity index (χ4v) is 4.21. The van der Waals surface area contributed by atoms with E-state index in [1.165, 1.54) is 27.8 Å². The van der Waals surface area contributed by atoms with E-state index in [9.17, 15) is 8.42 Å². The molecule has 3 nitrogen and oxygen atoms in total. The lowest BCUT2D eigenvalue weighted by Crippen LogP contribution is -2.26. The van der Waals surface area contributed by atoms with Crippen molar-refractivity contribution in [2.24, 2.45) is 0 Å². The van der Waals surface area contributed by atoms with Crippen molar-refractivity contribution in [2.75, 3.05) is 7.05 Å². The summed E-state index contributed by atoms with van der Waals surface area (Å²) in [7, 11) is -1.98. The molecule has 2 aromatic rings. The van der Waals surface area contributed by atoms with E-state index in [4.69, 9.17) is 23.2 Å². The van der Waals surface area contributed by atoms with Crippen molar-refractivity contribution < 1.29 is 8.42 Å². The van der Waals surface area contributed by atoms with E-state index in [1.54, 1.807) is 13.1 Å². The molecule has 0 aliphatic heterocycles. The molecule has 0 bridgehead atoms. The summed E-state index contributed by atoms with van der Waals surface area (Å²) in [5.74, 6) is 0.177. The van der Waals surface area contributed by atoms with E-state index in [-0.39, 0.29) is 10.8 Å². The first kappa shape index (κ1) is 15.8. The number of nitrogens with zero attached hydrogens (tertiary/aromatic N) is 1. The highest BCUT2D eigenvalue weighted by atomic mass is 35.5. The van der Waals surface area contributed by atoms with Crippen LogP contribution in [0.3, 0.4) is 0 Å². The number of sulfonamides is 1. The van der Waals surface area contributed by atoms with Crippen LogP contribution >= 0.6 is 34.5 Å². The molecule has 0 N–H and O–H groups in total. The van der Waals surface area contributed by atoms with Crippen LogP contribution in [-0.2, 0) is 22.4 Å². The van der Waals surface area contributed by atoms with Gasteiger partial charge in [0.15, 0.2) is 0 Å². The van der Waals surface area contributed by atoms with E-state index < -0.39 is 10.0 Å². The maximum Gasteiger partial charge on any atom is 0.243 e. The van der Waals surface area contributed by atoms with Gasteiger partial charge in [0.05, 0.1) is 4.90 Å². The molecule has 0 aliphatic carbocycles. The van der Waals surface area contributed by atoms with Gasteiger partial charge in [0.25, 0.3) is 0 Å². The van der Waals surface area contributed by atoms with Crippen LogP contribution < -0.4 is 0 Å². The molecule has 20 heavy (non-hydrogen) atoms. The molecule has 0 aliphatic rings. The molecular formula is C13H13Cl2NO2S2. The van der Waals surface area contributed by atoms with E-state index in [1.807, 2.05) is 17.5 Å². The van der Waals surface area contributed by atoms with Crippen LogP contribution in [0.1, 0.15) is 10.4 Å². The second-order valence-electron chi connectivity index (χ2n) is 4.23. The zero-order chi connectivity index (χ0) is 14.8. The summed E-state index contributed by atoms with van der Waals surface area (Å²) in [5, 5.41) is 2.39. The molecule has 1 aromatic carbocycles. The van der Waals surface area contributed by atoms with Crippen LogP contribution in [0.5, 0.6) is 0 Å². The normalized spacial score (nSPS) is 12.0. The third-order valence-corrected chi connectivity index (χ3v) is 6.15. The molecular weight excluding hydrogens is 337 g/mol. The van der Waals surface area contributed by atoms with Gasteiger partial charge in [-0.25, -0.2) is 8.42 Å². The monoisotopic (exact) mass is 349 g/mol. The van der Waals surface area contributed by atoms with Crippen molar-refractivity contribution >= 4 is 44.6 Å². The van der Waals surface area contributed by atoms with Crippen LogP contribution in [0.25, 0.3) is 0 Å². The quantitative estimate of drug-likeness (QED) is 0.766. The number of rotatable bonds is 5. The Morgan fingerprint density at radius 2 is 2.05 bits per heavy atom. The second kappa shape index (κ2) is 6.45. The Balaban J connectivity index is 2.29. The van der Waals surface area contributed by atoms with Gasteiger partial charge in [-0.15, -0.1) is 22.9 Å². The molecule has 1 heterocycles. The molecule has 1 aromatic heterocycles. The van der Waals surface area contributed by atoms with Crippen molar-refractivity contribution in [1.82, 2.24) is 4.31 Å². The van der Waals surface area contributed by atoms with Crippen molar-refractivity contribution in [2.45, 2.75) is 17.3 Å². The van der Waals surface area contributed by atoms with Crippen LogP contribution in [-0.4, -0.2) is 19.8 Å². The molecule has 2 rings (SSSR count). The summed E-state index contributed by atoms with van der Waals surface area (Å²) >= 11 is 13.2. The summed E-state index contributed by atoms with van der Waals surface area (Å²) in [4.78, 5) is 1.19. The Kier molecular flexibility index (Phi) is 5.09. The van der Waals surface area contributed by atoms with E-state index in [0.29, 0.717) is 17.1 Å². The smallest absolute Gasteiger partial charge is 0.207 e.